The second kappa shape index (κ2) is 5.96. The fourth-order valence-electron chi connectivity index (χ4n) is 3.21. The zero-order chi connectivity index (χ0) is 14.8. The summed E-state index contributed by atoms with van der Waals surface area (Å²) in [5.74, 6) is 0.239. The van der Waals surface area contributed by atoms with Crippen LogP contribution in [0.5, 0.6) is 0 Å². The normalized spacial score (nSPS) is 24.1. The zero-order valence-corrected chi connectivity index (χ0v) is 13.1. The molecule has 1 aromatic rings. The first-order chi connectivity index (χ1) is 9.49. The van der Waals surface area contributed by atoms with Crippen LogP contribution in [0.1, 0.15) is 44.7 Å². The molecule has 0 aromatic heterocycles. The standard InChI is InChI=1S/C17H26N2O/c1-5-17(2)12-9-13-19(17)16(20)15(18(3)4)14-10-7-6-8-11-14/h6-8,10-11,15H,5,9,12-13H2,1-4H3. The first-order valence-corrected chi connectivity index (χ1v) is 7.52. The molecular weight excluding hydrogens is 248 g/mol. The number of hydrogen-bond donors (Lipinski definition) is 0. The first kappa shape index (κ1) is 15.0. The van der Waals surface area contributed by atoms with E-state index < -0.39 is 0 Å². The molecule has 3 nitrogen and oxygen atoms in total. The van der Waals surface area contributed by atoms with Crippen LogP contribution in [-0.4, -0.2) is 41.9 Å². The Morgan fingerprint density at radius 2 is 2.00 bits per heavy atom. The van der Waals surface area contributed by atoms with Crippen LogP contribution in [0, 0.1) is 0 Å². The number of nitrogens with zero attached hydrogens (tertiary/aromatic N) is 2. The van der Waals surface area contributed by atoms with Crippen molar-refractivity contribution in [1.82, 2.24) is 9.80 Å². The van der Waals surface area contributed by atoms with Crippen molar-refractivity contribution in [1.29, 1.82) is 0 Å². The molecule has 0 N–H and O–H groups in total. The topological polar surface area (TPSA) is 23.6 Å². The Labute approximate surface area is 122 Å². The molecule has 2 rings (SSSR count). The van der Waals surface area contributed by atoms with Crippen molar-refractivity contribution in [2.24, 2.45) is 0 Å². The van der Waals surface area contributed by atoms with Gasteiger partial charge in [0.05, 0.1) is 0 Å². The highest BCUT2D eigenvalue weighted by Crippen LogP contribution is 2.35. The summed E-state index contributed by atoms with van der Waals surface area (Å²) in [6, 6.07) is 9.90. The van der Waals surface area contributed by atoms with Crippen LogP contribution < -0.4 is 0 Å². The van der Waals surface area contributed by atoms with Crippen LogP contribution in [0.2, 0.25) is 0 Å². The summed E-state index contributed by atoms with van der Waals surface area (Å²) in [4.78, 5) is 17.2. The number of carbonyl (C=O) groups excluding carboxylic acids is 1. The number of carbonyl (C=O) groups is 1. The van der Waals surface area contributed by atoms with E-state index >= 15 is 0 Å². The number of likely N-dealkylation sites (N-methyl/N-ethyl adjacent to an activating group) is 1. The fourth-order valence-corrected chi connectivity index (χ4v) is 3.21. The van der Waals surface area contributed by atoms with E-state index in [-0.39, 0.29) is 17.5 Å². The molecule has 1 aromatic carbocycles. The Morgan fingerprint density at radius 1 is 1.35 bits per heavy atom. The van der Waals surface area contributed by atoms with Gasteiger partial charge in [0.1, 0.15) is 6.04 Å². The minimum absolute atomic E-state index is 0.0279. The Hall–Kier alpha value is -1.35. The highest BCUT2D eigenvalue weighted by Gasteiger charge is 2.41. The van der Waals surface area contributed by atoms with Gasteiger partial charge in [0, 0.05) is 12.1 Å². The molecule has 0 saturated carbocycles. The highest BCUT2D eigenvalue weighted by molar-refractivity contribution is 5.84. The molecule has 1 aliphatic heterocycles. The Morgan fingerprint density at radius 3 is 2.55 bits per heavy atom. The van der Waals surface area contributed by atoms with Crippen LogP contribution in [-0.2, 0) is 4.79 Å². The van der Waals surface area contributed by atoms with E-state index in [1.165, 1.54) is 0 Å². The number of hydrogen-bond acceptors (Lipinski definition) is 2. The maximum absolute atomic E-state index is 13.0. The van der Waals surface area contributed by atoms with Crippen molar-refractivity contribution in [2.75, 3.05) is 20.6 Å². The van der Waals surface area contributed by atoms with E-state index in [2.05, 4.69) is 18.7 Å². The van der Waals surface area contributed by atoms with E-state index in [9.17, 15) is 4.79 Å². The molecule has 1 saturated heterocycles. The summed E-state index contributed by atoms with van der Waals surface area (Å²) in [5.41, 5.74) is 1.10. The van der Waals surface area contributed by atoms with E-state index in [1.54, 1.807) is 0 Å². The molecular formula is C17H26N2O. The molecule has 1 amide bonds. The van der Waals surface area contributed by atoms with Gasteiger partial charge in [-0.2, -0.15) is 0 Å². The van der Waals surface area contributed by atoms with Gasteiger partial charge in [0.2, 0.25) is 5.91 Å². The summed E-state index contributed by atoms with van der Waals surface area (Å²) < 4.78 is 0. The van der Waals surface area contributed by atoms with Gasteiger partial charge in [-0.3, -0.25) is 9.69 Å². The molecule has 2 atom stereocenters. The third kappa shape index (κ3) is 2.73. The van der Waals surface area contributed by atoms with E-state index in [4.69, 9.17) is 0 Å². The average Bonchev–Trinajstić information content (AvgIpc) is 2.82. The van der Waals surface area contributed by atoms with Crippen molar-refractivity contribution in [3.8, 4) is 0 Å². The van der Waals surface area contributed by atoms with Gasteiger partial charge in [0.25, 0.3) is 0 Å². The molecule has 3 heteroatoms. The second-order valence-corrected chi connectivity index (χ2v) is 6.22. The molecule has 110 valence electrons. The van der Waals surface area contributed by atoms with Gasteiger partial charge in [0.15, 0.2) is 0 Å². The van der Waals surface area contributed by atoms with Crippen molar-refractivity contribution < 1.29 is 4.79 Å². The molecule has 2 unspecified atom stereocenters. The lowest BCUT2D eigenvalue weighted by molar-refractivity contribution is -0.140. The summed E-state index contributed by atoms with van der Waals surface area (Å²) in [6.07, 6.45) is 3.25. The summed E-state index contributed by atoms with van der Waals surface area (Å²) in [6.45, 7) is 5.29. The maximum Gasteiger partial charge on any atom is 0.244 e. The van der Waals surface area contributed by atoms with Gasteiger partial charge in [-0.25, -0.2) is 0 Å². The second-order valence-electron chi connectivity index (χ2n) is 6.22. The molecule has 1 aliphatic rings. The summed E-state index contributed by atoms with van der Waals surface area (Å²) in [5, 5.41) is 0. The molecule has 0 radical (unpaired) electrons. The third-order valence-electron chi connectivity index (χ3n) is 4.64. The maximum atomic E-state index is 13.0. The molecule has 20 heavy (non-hydrogen) atoms. The predicted octanol–water partition coefficient (Wildman–Crippen LogP) is 3.08. The predicted molar refractivity (Wildman–Crippen MR) is 82.5 cm³/mol. The molecule has 0 spiro atoms. The lowest BCUT2D eigenvalue weighted by atomic mass is 9.94. The lowest BCUT2D eigenvalue weighted by Crippen LogP contribution is -2.49. The quantitative estimate of drug-likeness (QED) is 0.842. The number of likely N-dealkylation sites (tertiary alicyclic amines) is 1. The van der Waals surface area contributed by atoms with Gasteiger partial charge < -0.3 is 4.90 Å². The minimum Gasteiger partial charge on any atom is -0.336 e. The van der Waals surface area contributed by atoms with E-state index in [0.717, 1.165) is 31.4 Å². The number of benzene rings is 1. The molecule has 1 fully saturated rings. The van der Waals surface area contributed by atoms with Gasteiger partial charge >= 0.3 is 0 Å². The molecule has 0 aliphatic carbocycles. The third-order valence-corrected chi connectivity index (χ3v) is 4.64. The Kier molecular flexibility index (Phi) is 4.48. The van der Waals surface area contributed by atoms with Gasteiger partial charge in [-0.1, -0.05) is 37.3 Å². The van der Waals surface area contributed by atoms with Crippen LogP contribution in [0.3, 0.4) is 0 Å². The zero-order valence-electron chi connectivity index (χ0n) is 13.1. The van der Waals surface area contributed by atoms with E-state index in [0.29, 0.717) is 0 Å². The van der Waals surface area contributed by atoms with E-state index in [1.807, 2.05) is 49.3 Å². The largest absolute Gasteiger partial charge is 0.336 e. The summed E-state index contributed by atoms with van der Waals surface area (Å²) >= 11 is 0. The summed E-state index contributed by atoms with van der Waals surface area (Å²) in [7, 11) is 3.96. The van der Waals surface area contributed by atoms with Crippen LogP contribution in [0.25, 0.3) is 0 Å². The van der Waals surface area contributed by atoms with Gasteiger partial charge in [-0.15, -0.1) is 0 Å². The molecule has 0 bridgehead atoms. The van der Waals surface area contributed by atoms with Crippen molar-refractivity contribution in [3.05, 3.63) is 35.9 Å². The van der Waals surface area contributed by atoms with Crippen LogP contribution in [0.4, 0.5) is 0 Å². The van der Waals surface area contributed by atoms with Crippen LogP contribution >= 0.6 is 0 Å². The fraction of sp³-hybridized carbons (Fsp3) is 0.588. The minimum atomic E-state index is -0.180. The number of rotatable bonds is 4. The van der Waals surface area contributed by atoms with Gasteiger partial charge in [-0.05, 0) is 45.8 Å². The van der Waals surface area contributed by atoms with Crippen molar-refractivity contribution >= 4 is 5.91 Å². The Balaban J connectivity index is 2.29. The smallest absolute Gasteiger partial charge is 0.244 e. The SMILES string of the molecule is CCC1(C)CCCN1C(=O)C(c1ccccc1)N(C)C. The van der Waals surface area contributed by atoms with Crippen molar-refractivity contribution in [2.45, 2.75) is 44.7 Å². The highest BCUT2D eigenvalue weighted by atomic mass is 16.2. The van der Waals surface area contributed by atoms with Crippen LogP contribution in [0.15, 0.2) is 30.3 Å². The van der Waals surface area contributed by atoms with Crippen molar-refractivity contribution in [3.63, 3.8) is 0 Å². The lowest BCUT2D eigenvalue weighted by Gasteiger charge is -2.38. The average molecular weight is 274 g/mol. The number of amides is 1. The first-order valence-electron chi connectivity index (χ1n) is 7.52. The molecule has 1 heterocycles. The Bertz CT molecular complexity index is 457. The monoisotopic (exact) mass is 274 g/mol.